The second-order valence-corrected chi connectivity index (χ2v) is 3.16. The van der Waals surface area contributed by atoms with Crippen LogP contribution in [-0.2, 0) is 0 Å². The first kappa shape index (κ1) is 7.62. The summed E-state index contributed by atoms with van der Waals surface area (Å²) < 4.78 is 0. The fraction of sp³-hybridized carbons (Fsp3) is 0.200. The third-order valence-electron chi connectivity index (χ3n) is 2.09. The van der Waals surface area contributed by atoms with Gasteiger partial charge in [-0.3, -0.25) is 0 Å². The van der Waals surface area contributed by atoms with Crippen molar-refractivity contribution in [3.05, 3.63) is 35.9 Å². The molecule has 1 heterocycles. The van der Waals surface area contributed by atoms with E-state index in [2.05, 4.69) is 51.6 Å². The molecule has 0 atom stereocenters. The van der Waals surface area contributed by atoms with Gasteiger partial charge in [-0.15, -0.1) is 0 Å². The standard InChI is InChI=1S/C10H10NSi/c12-8-11-7-3-5-9-4-1-2-6-10(9)11/h1-6H,7-8H2. The molecule has 59 valence electrons. The van der Waals surface area contributed by atoms with Crippen molar-refractivity contribution in [3.8, 4) is 0 Å². The van der Waals surface area contributed by atoms with E-state index in [0.717, 1.165) is 12.7 Å². The van der Waals surface area contributed by atoms with Gasteiger partial charge in [0.05, 0.1) is 10.2 Å². The fourth-order valence-electron chi connectivity index (χ4n) is 1.47. The molecule has 12 heavy (non-hydrogen) atoms. The van der Waals surface area contributed by atoms with Gasteiger partial charge in [-0.05, 0) is 11.6 Å². The first-order chi connectivity index (χ1) is 5.92. The van der Waals surface area contributed by atoms with Gasteiger partial charge in [0.15, 0.2) is 0 Å². The molecule has 0 amide bonds. The Morgan fingerprint density at radius 1 is 1.33 bits per heavy atom. The summed E-state index contributed by atoms with van der Waals surface area (Å²) in [6.45, 7) is 1.00. The molecule has 1 aromatic rings. The maximum atomic E-state index is 3.52. The SMILES string of the molecule is [Si]CN1CC=Cc2ccccc21. The normalized spacial score (nSPS) is 14.6. The first-order valence-electron chi connectivity index (χ1n) is 4.07. The van der Waals surface area contributed by atoms with E-state index in [1.54, 1.807) is 0 Å². The maximum Gasteiger partial charge on any atom is 0.0513 e. The van der Waals surface area contributed by atoms with E-state index in [1.807, 2.05) is 0 Å². The first-order valence-corrected chi connectivity index (χ1v) is 4.77. The van der Waals surface area contributed by atoms with Gasteiger partial charge in [-0.25, -0.2) is 0 Å². The number of rotatable bonds is 1. The lowest BCUT2D eigenvalue weighted by Gasteiger charge is -2.26. The van der Waals surface area contributed by atoms with Gasteiger partial charge in [0.2, 0.25) is 0 Å². The zero-order valence-electron chi connectivity index (χ0n) is 6.83. The Bertz CT molecular complexity index is 306. The topological polar surface area (TPSA) is 3.24 Å². The lowest BCUT2D eigenvalue weighted by atomic mass is 10.1. The Morgan fingerprint density at radius 3 is 3.00 bits per heavy atom. The number of benzene rings is 1. The van der Waals surface area contributed by atoms with Crippen LogP contribution in [0.15, 0.2) is 30.3 Å². The van der Waals surface area contributed by atoms with Crippen LogP contribution in [0.1, 0.15) is 5.56 Å². The quantitative estimate of drug-likeness (QED) is 0.582. The summed E-state index contributed by atoms with van der Waals surface area (Å²) >= 11 is 0. The summed E-state index contributed by atoms with van der Waals surface area (Å²) in [7, 11) is 3.52. The Hall–Kier alpha value is -1.02. The number of hydrogen-bond acceptors (Lipinski definition) is 1. The monoisotopic (exact) mass is 172 g/mol. The molecule has 0 saturated carbocycles. The minimum absolute atomic E-state index is 0.890. The lowest BCUT2D eigenvalue weighted by molar-refractivity contribution is 0.987. The molecule has 1 aliphatic rings. The highest BCUT2D eigenvalue weighted by Gasteiger charge is 2.08. The second kappa shape index (κ2) is 3.15. The number of fused-ring (bicyclic) bond motifs is 1. The molecule has 1 nitrogen and oxygen atoms in total. The minimum atomic E-state index is 0.890. The van der Waals surface area contributed by atoms with Gasteiger partial charge >= 0.3 is 0 Å². The van der Waals surface area contributed by atoms with Crippen LogP contribution < -0.4 is 4.90 Å². The van der Waals surface area contributed by atoms with Crippen molar-refractivity contribution in [2.75, 3.05) is 17.6 Å². The number of para-hydroxylation sites is 1. The van der Waals surface area contributed by atoms with Crippen LogP contribution in [-0.4, -0.2) is 23.0 Å². The molecule has 0 bridgehead atoms. The van der Waals surface area contributed by atoms with E-state index >= 15 is 0 Å². The number of anilines is 1. The van der Waals surface area contributed by atoms with Crippen molar-refractivity contribution < 1.29 is 0 Å². The largest absolute Gasteiger partial charge is 0.371 e. The van der Waals surface area contributed by atoms with E-state index < -0.39 is 0 Å². The molecule has 0 fully saturated rings. The van der Waals surface area contributed by atoms with Crippen LogP contribution in [0, 0.1) is 0 Å². The molecule has 2 rings (SSSR count). The van der Waals surface area contributed by atoms with Gasteiger partial charge in [0.1, 0.15) is 0 Å². The highest BCUT2D eigenvalue weighted by Crippen LogP contribution is 2.24. The van der Waals surface area contributed by atoms with Crippen molar-refractivity contribution in [3.63, 3.8) is 0 Å². The molecule has 1 aliphatic heterocycles. The van der Waals surface area contributed by atoms with Gasteiger partial charge in [0.25, 0.3) is 0 Å². The van der Waals surface area contributed by atoms with Crippen LogP contribution in [0.25, 0.3) is 6.08 Å². The Balaban J connectivity index is 2.45. The minimum Gasteiger partial charge on any atom is -0.371 e. The molecular formula is C10H10NSi. The summed E-state index contributed by atoms with van der Waals surface area (Å²) in [6, 6.07) is 8.44. The van der Waals surface area contributed by atoms with Crippen LogP contribution in [0.4, 0.5) is 5.69 Å². The molecule has 0 N–H and O–H groups in total. The van der Waals surface area contributed by atoms with E-state index in [4.69, 9.17) is 0 Å². The Morgan fingerprint density at radius 2 is 2.17 bits per heavy atom. The summed E-state index contributed by atoms with van der Waals surface area (Å²) in [5, 5.41) is 0. The molecular weight excluding hydrogens is 162 g/mol. The van der Waals surface area contributed by atoms with Crippen molar-refractivity contribution in [2.45, 2.75) is 0 Å². The molecule has 0 spiro atoms. The van der Waals surface area contributed by atoms with Crippen molar-refractivity contribution in [1.29, 1.82) is 0 Å². The predicted octanol–water partition coefficient (Wildman–Crippen LogP) is 1.65. The van der Waals surface area contributed by atoms with Gasteiger partial charge in [-0.1, -0.05) is 30.4 Å². The van der Waals surface area contributed by atoms with Crippen LogP contribution in [0.5, 0.6) is 0 Å². The third kappa shape index (κ3) is 1.18. The summed E-state index contributed by atoms with van der Waals surface area (Å²) in [4.78, 5) is 2.28. The summed E-state index contributed by atoms with van der Waals surface area (Å²) in [5.74, 6) is 0. The number of hydrogen-bond donors (Lipinski definition) is 0. The molecule has 1 aromatic carbocycles. The smallest absolute Gasteiger partial charge is 0.0513 e. The molecule has 0 aromatic heterocycles. The fourth-order valence-corrected chi connectivity index (χ4v) is 1.77. The van der Waals surface area contributed by atoms with Crippen molar-refractivity contribution in [2.24, 2.45) is 0 Å². The summed E-state index contributed by atoms with van der Waals surface area (Å²) in [6.07, 6.45) is 5.25. The highest BCUT2D eigenvalue weighted by molar-refractivity contribution is 6.10. The zero-order valence-corrected chi connectivity index (χ0v) is 7.83. The molecule has 0 unspecified atom stereocenters. The Labute approximate surface area is 76.1 Å². The molecule has 0 saturated heterocycles. The zero-order chi connectivity index (χ0) is 8.39. The number of nitrogens with zero attached hydrogens (tertiary/aromatic N) is 1. The average Bonchev–Trinajstić information content (AvgIpc) is 2.17. The van der Waals surface area contributed by atoms with Gasteiger partial charge in [-0.2, -0.15) is 0 Å². The van der Waals surface area contributed by atoms with Crippen LogP contribution in [0.2, 0.25) is 0 Å². The Kier molecular flexibility index (Phi) is 2.00. The molecule has 3 radical (unpaired) electrons. The van der Waals surface area contributed by atoms with Crippen LogP contribution >= 0.6 is 0 Å². The van der Waals surface area contributed by atoms with Crippen molar-refractivity contribution >= 4 is 22.0 Å². The molecule has 0 aliphatic carbocycles. The summed E-state index contributed by atoms with van der Waals surface area (Å²) in [5.41, 5.74) is 2.62. The van der Waals surface area contributed by atoms with Crippen molar-refractivity contribution in [1.82, 2.24) is 0 Å². The van der Waals surface area contributed by atoms with E-state index in [0.29, 0.717) is 0 Å². The molecule has 2 heteroatoms. The predicted molar refractivity (Wildman–Crippen MR) is 53.4 cm³/mol. The average molecular weight is 172 g/mol. The third-order valence-corrected chi connectivity index (χ3v) is 2.47. The van der Waals surface area contributed by atoms with E-state index in [9.17, 15) is 0 Å². The van der Waals surface area contributed by atoms with Crippen LogP contribution in [0.3, 0.4) is 0 Å². The second-order valence-electron chi connectivity index (χ2n) is 2.84. The van der Waals surface area contributed by atoms with Gasteiger partial charge in [0, 0.05) is 18.4 Å². The van der Waals surface area contributed by atoms with Gasteiger partial charge < -0.3 is 4.90 Å². The van der Waals surface area contributed by atoms with E-state index in [1.165, 1.54) is 11.3 Å². The maximum absolute atomic E-state index is 3.52. The van der Waals surface area contributed by atoms with E-state index in [-0.39, 0.29) is 0 Å². The highest BCUT2D eigenvalue weighted by atomic mass is 28.1. The lowest BCUT2D eigenvalue weighted by Crippen LogP contribution is -2.26.